The maximum atomic E-state index is 11.2. The number of fused-ring (bicyclic) bond motifs is 1. The highest BCUT2D eigenvalue weighted by molar-refractivity contribution is 7.84. The summed E-state index contributed by atoms with van der Waals surface area (Å²) >= 11 is 5.80. The molecule has 0 N–H and O–H groups in total. The zero-order chi connectivity index (χ0) is 13.1. The SMILES string of the molecule is Cc1cnc2c(c1)nc(CCCl)n2CCS(C)=O. The number of imidazole rings is 1. The van der Waals surface area contributed by atoms with Gasteiger partial charge in [0.1, 0.15) is 11.3 Å². The molecule has 98 valence electrons. The first-order valence-corrected chi connectivity index (χ1v) is 8.05. The Morgan fingerprint density at radius 3 is 2.94 bits per heavy atom. The number of pyridine rings is 1. The molecule has 4 nitrogen and oxygen atoms in total. The molecule has 1 unspecified atom stereocenters. The fraction of sp³-hybridized carbons (Fsp3) is 0.500. The van der Waals surface area contributed by atoms with Gasteiger partial charge in [0.15, 0.2) is 5.65 Å². The van der Waals surface area contributed by atoms with Crippen LogP contribution < -0.4 is 0 Å². The Kier molecular flexibility index (Phi) is 4.35. The minimum atomic E-state index is -0.819. The average molecular weight is 286 g/mol. The molecule has 0 fully saturated rings. The van der Waals surface area contributed by atoms with Crippen LogP contribution >= 0.6 is 11.6 Å². The summed E-state index contributed by atoms with van der Waals surface area (Å²) < 4.78 is 13.3. The molecular weight excluding hydrogens is 270 g/mol. The monoisotopic (exact) mass is 285 g/mol. The lowest BCUT2D eigenvalue weighted by Crippen LogP contribution is -2.11. The van der Waals surface area contributed by atoms with Crippen LogP contribution in [0.1, 0.15) is 11.4 Å². The van der Waals surface area contributed by atoms with Gasteiger partial charge in [-0.1, -0.05) is 0 Å². The van der Waals surface area contributed by atoms with Crippen LogP contribution in [0.5, 0.6) is 0 Å². The molecule has 0 aliphatic rings. The van der Waals surface area contributed by atoms with Gasteiger partial charge in [-0.05, 0) is 18.6 Å². The highest BCUT2D eigenvalue weighted by atomic mass is 35.5. The first-order valence-electron chi connectivity index (χ1n) is 5.79. The quantitative estimate of drug-likeness (QED) is 0.789. The second-order valence-electron chi connectivity index (χ2n) is 4.25. The zero-order valence-electron chi connectivity index (χ0n) is 10.5. The molecule has 0 saturated heterocycles. The molecule has 2 heterocycles. The molecule has 0 spiro atoms. The van der Waals surface area contributed by atoms with E-state index < -0.39 is 10.8 Å². The van der Waals surface area contributed by atoms with Gasteiger partial charge in [0.2, 0.25) is 0 Å². The van der Waals surface area contributed by atoms with Gasteiger partial charge < -0.3 is 4.57 Å². The molecule has 0 aliphatic heterocycles. The topological polar surface area (TPSA) is 47.8 Å². The second-order valence-corrected chi connectivity index (χ2v) is 6.18. The average Bonchev–Trinajstić information content (AvgIpc) is 2.63. The molecular formula is C12H16ClN3OS. The van der Waals surface area contributed by atoms with Crippen molar-refractivity contribution in [3.8, 4) is 0 Å². The Labute approximate surface area is 114 Å². The van der Waals surface area contributed by atoms with E-state index in [4.69, 9.17) is 11.6 Å². The van der Waals surface area contributed by atoms with Crippen molar-refractivity contribution in [1.29, 1.82) is 0 Å². The molecule has 2 aromatic rings. The van der Waals surface area contributed by atoms with Crippen molar-refractivity contribution in [2.24, 2.45) is 0 Å². The molecule has 0 amide bonds. The lowest BCUT2D eigenvalue weighted by atomic mass is 10.3. The highest BCUT2D eigenvalue weighted by Crippen LogP contribution is 2.16. The fourth-order valence-electron chi connectivity index (χ4n) is 1.89. The summed E-state index contributed by atoms with van der Waals surface area (Å²) in [6.07, 6.45) is 4.24. The van der Waals surface area contributed by atoms with E-state index in [0.29, 0.717) is 24.6 Å². The van der Waals surface area contributed by atoms with E-state index in [-0.39, 0.29) is 0 Å². The number of halogens is 1. The molecule has 1 atom stereocenters. The molecule has 0 aliphatic carbocycles. The van der Waals surface area contributed by atoms with Crippen molar-refractivity contribution >= 4 is 33.6 Å². The molecule has 0 radical (unpaired) electrons. The van der Waals surface area contributed by atoms with Crippen LogP contribution in [0, 0.1) is 6.92 Å². The Hall–Kier alpha value is -0.940. The first kappa shape index (κ1) is 13.5. The summed E-state index contributed by atoms with van der Waals surface area (Å²) in [6, 6.07) is 2.01. The van der Waals surface area contributed by atoms with E-state index in [1.165, 1.54) is 0 Å². The van der Waals surface area contributed by atoms with Crippen molar-refractivity contribution in [2.75, 3.05) is 17.9 Å². The van der Waals surface area contributed by atoms with Gasteiger partial charge in [0.25, 0.3) is 0 Å². The Bertz CT molecular complexity index is 582. The van der Waals surface area contributed by atoms with Crippen molar-refractivity contribution in [1.82, 2.24) is 14.5 Å². The lowest BCUT2D eigenvalue weighted by Gasteiger charge is -2.06. The lowest BCUT2D eigenvalue weighted by molar-refractivity contribution is 0.673. The summed E-state index contributed by atoms with van der Waals surface area (Å²) in [6.45, 7) is 2.66. The maximum Gasteiger partial charge on any atom is 0.160 e. The number of alkyl halides is 1. The van der Waals surface area contributed by atoms with E-state index in [0.717, 1.165) is 22.6 Å². The van der Waals surface area contributed by atoms with Crippen LogP contribution in [-0.2, 0) is 23.8 Å². The third-order valence-electron chi connectivity index (χ3n) is 2.72. The smallest absolute Gasteiger partial charge is 0.160 e. The molecule has 0 aromatic carbocycles. The van der Waals surface area contributed by atoms with Gasteiger partial charge in [0.05, 0.1) is 0 Å². The summed E-state index contributed by atoms with van der Waals surface area (Å²) in [5, 5.41) is 0. The Morgan fingerprint density at radius 1 is 1.50 bits per heavy atom. The minimum Gasteiger partial charge on any atom is -0.312 e. The van der Waals surface area contributed by atoms with E-state index in [1.54, 1.807) is 6.26 Å². The van der Waals surface area contributed by atoms with Gasteiger partial charge in [-0.15, -0.1) is 11.6 Å². The van der Waals surface area contributed by atoms with Gasteiger partial charge >= 0.3 is 0 Å². The molecule has 2 aromatic heterocycles. The van der Waals surface area contributed by atoms with Crippen molar-refractivity contribution in [3.63, 3.8) is 0 Å². The van der Waals surface area contributed by atoms with Crippen molar-refractivity contribution in [3.05, 3.63) is 23.7 Å². The van der Waals surface area contributed by atoms with Crippen molar-refractivity contribution < 1.29 is 4.21 Å². The van der Waals surface area contributed by atoms with Crippen LogP contribution in [0.4, 0.5) is 0 Å². The number of nitrogens with zero attached hydrogens (tertiary/aromatic N) is 3. The van der Waals surface area contributed by atoms with Crippen molar-refractivity contribution in [2.45, 2.75) is 19.9 Å². The third-order valence-corrected chi connectivity index (χ3v) is 3.67. The van der Waals surface area contributed by atoms with Crippen LogP contribution in [0.15, 0.2) is 12.3 Å². The zero-order valence-corrected chi connectivity index (χ0v) is 12.1. The first-order chi connectivity index (χ1) is 8.61. The van der Waals surface area contributed by atoms with E-state index in [9.17, 15) is 4.21 Å². The van der Waals surface area contributed by atoms with Crippen LogP contribution in [-0.4, -0.2) is 36.6 Å². The molecule has 6 heteroatoms. The van der Waals surface area contributed by atoms with Crippen LogP contribution in [0.25, 0.3) is 11.2 Å². The number of aryl methyl sites for hydroxylation is 3. The normalized spacial score (nSPS) is 13.1. The number of aromatic nitrogens is 3. The third kappa shape index (κ3) is 2.90. The summed E-state index contributed by atoms with van der Waals surface area (Å²) in [5.41, 5.74) is 2.83. The largest absolute Gasteiger partial charge is 0.312 e. The second kappa shape index (κ2) is 5.80. The fourth-order valence-corrected chi connectivity index (χ4v) is 2.50. The van der Waals surface area contributed by atoms with Gasteiger partial charge in [-0.3, -0.25) is 4.21 Å². The van der Waals surface area contributed by atoms with Gasteiger partial charge in [-0.2, -0.15) is 0 Å². The number of hydrogen-bond acceptors (Lipinski definition) is 3. The molecule has 18 heavy (non-hydrogen) atoms. The number of rotatable bonds is 5. The predicted molar refractivity (Wildman–Crippen MR) is 75.6 cm³/mol. The van der Waals surface area contributed by atoms with Gasteiger partial charge in [0, 0.05) is 47.9 Å². The molecule has 0 saturated carbocycles. The van der Waals surface area contributed by atoms with Crippen LogP contribution in [0.3, 0.4) is 0 Å². The standard InChI is InChI=1S/C12H16ClN3OS/c1-9-7-10-12(14-8-9)16(5-6-18(2)17)11(15-10)3-4-13/h7-8H,3-6H2,1-2H3. The van der Waals surface area contributed by atoms with Gasteiger partial charge in [-0.25, -0.2) is 9.97 Å². The van der Waals surface area contributed by atoms with E-state index in [1.807, 2.05) is 23.8 Å². The highest BCUT2D eigenvalue weighted by Gasteiger charge is 2.11. The summed E-state index contributed by atoms with van der Waals surface area (Å²) in [5.74, 6) is 2.05. The molecule has 2 rings (SSSR count). The minimum absolute atomic E-state index is 0.525. The maximum absolute atomic E-state index is 11.2. The Morgan fingerprint density at radius 2 is 2.28 bits per heavy atom. The summed E-state index contributed by atoms with van der Waals surface area (Å²) in [4.78, 5) is 8.98. The number of hydrogen-bond donors (Lipinski definition) is 0. The Balaban J connectivity index is 2.44. The molecule has 0 bridgehead atoms. The van der Waals surface area contributed by atoms with E-state index >= 15 is 0 Å². The predicted octanol–water partition coefficient (Wildman–Crippen LogP) is 1.90. The summed E-state index contributed by atoms with van der Waals surface area (Å²) in [7, 11) is -0.819. The van der Waals surface area contributed by atoms with E-state index in [2.05, 4.69) is 9.97 Å². The van der Waals surface area contributed by atoms with Crippen LogP contribution in [0.2, 0.25) is 0 Å².